The predicted octanol–water partition coefficient (Wildman–Crippen LogP) is 1.05. The molecular weight excluding hydrogens is 308 g/mol. The van der Waals surface area contributed by atoms with Crippen LogP contribution in [0.4, 0.5) is 0 Å². The summed E-state index contributed by atoms with van der Waals surface area (Å²) in [4.78, 5) is 21.2. The van der Waals surface area contributed by atoms with Crippen LogP contribution in [0.15, 0.2) is 41.4 Å². The van der Waals surface area contributed by atoms with E-state index in [0.717, 1.165) is 5.39 Å². The van der Waals surface area contributed by atoms with E-state index in [1.165, 1.54) is 0 Å². The Labute approximate surface area is 138 Å². The molecular formula is C16H18N6O2. The van der Waals surface area contributed by atoms with Gasteiger partial charge in [0.2, 0.25) is 0 Å². The third-order valence-corrected chi connectivity index (χ3v) is 4.57. The summed E-state index contributed by atoms with van der Waals surface area (Å²) < 4.78 is 7.19. The van der Waals surface area contributed by atoms with E-state index in [2.05, 4.69) is 20.2 Å². The molecule has 0 N–H and O–H groups in total. The number of likely N-dealkylation sites (tertiary alicyclic amines) is 1. The van der Waals surface area contributed by atoms with Crippen LogP contribution in [0.3, 0.4) is 0 Å². The molecule has 1 saturated heterocycles. The third kappa shape index (κ3) is 2.35. The molecule has 0 bridgehead atoms. The fourth-order valence-electron chi connectivity index (χ4n) is 3.31. The SMILES string of the molecule is CN(C)[C@@H]1CN(C(=O)c2nccc3occc23)C[C@@H]1n1ccnn1. The monoisotopic (exact) mass is 326 g/mol. The highest BCUT2D eigenvalue weighted by Gasteiger charge is 2.39. The van der Waals surface area contributed by atoms with Crippen LogP contribution in [0.5, 0.6) is 0 Å². The Kier molecular flexibility index (Phi) is 3.53. The van der Waals surface area contributed by atoms with Crippen LogP contribution < -0.4 is 0 Å². The van der Waals surface area contributed by atoms with Gasteiger partial charge in [-0.25, -0.2) is 4.68 Å². The smallest absolute Gasteiger partial charge is 0.273 e. The molecule has 0 aliphatic carbocycles. The first-order valence-electron chi connectivity index (χ1n) is 7.79. The largest absolute Gasteiger partial charge is 0.464 e. The van der Waals surface area contributed by atoms with E-state index in [1.807, 2.05) is 29.9 Å². The number of nitrogens with zero attached hydrogens (tertiary/aromatic N) is 6. The van der Waals surface area contributed by atoms with Crippen LogP contribution in [0.2, 0.25) is 0 Å². The van der Waals surface area contributed by atoms with Gasteiger partial charge in [-0.3, -0.25) is 9.78 Å². The van der Waals surface area contributed by atoms with Gasteiger partial charge in [-0.15, -0.1) is 5.10 Å². The fraction of sp³-hybridized carbons (Fsp3) is 0.375. The average molecular weight is 326 g/mol. The van der Waals surface area contributed by atoms with Crippen molar-refractivity contribution in [3.05, 3.63) is 42.7 Å². The second-order valence-corrected chi connectivity index (χ2v) is 6.18. The zero-order valence-electron chi connectivity index (χ0n) is 13.5. The molecule has 0 spiro atoms. The van der Waals surface area contributed by atoms with Crippen molar-refractivity contribution in [1.82, 2.24) is 29.8 Å². The highest BCUT2D eigenvalue weighted by atomic mass is 16.3. The van der Waals surface area contributed by atoms with Crippen LogP contribution >= 0.6 is 0 Å². The lowest BCUT2D eigenvalue weighted by Crippen LogP contribution is -2.37. The number of hydrogen-bond donors (Lipinski definition) is 0. The van der Waals surface area contributed by atoms with Crippen LogP contribution in [0, 0.1) is 0 Å². The summed E-state index contributed by atoms with van der Waals surface area (Å²) in [7, 11) is 4.02. The van der Waals surface area contributed by atoms with Gasteiger partial charge in [-0.2, -0.15) is 0 Å². The van der Waals surface area contributed by atoms with Crippen LogP contribution in [0.25, 0.3) is 11.0 Å². The minimum atomic E-state index is -0.0866. The molecule has 8 heteroatoms. The maximum Gasteiger partial charge on any atom is 0.273 e. The average Bonchev–Trinajstić information content (AvgIpc) is 3.31. The van der Waals surface area contributed by atoms with Crippen LogP contribution in [-0.4, -0.2) is 68.9 Å². The molecule has 0 radical (unpaired) electrons. The van der Waals surface area contributed by atoms with Crippen molar-refractivity contribution >= 4 is 16.9 Å². The van der Waals surface area contributed by atoms with Crippen molar-refractivity contribution in [2.24, 2.45) is 0 Å². The highest BCUT2D eigenvalue weighted by molar-refractivity contribution is 6.04. The van der Waals surface area contributed by atoms with Crippen molar-refractivity contribution in [3.63, 3.8) is 0 Å². The van der Waals surface area contributed by atoms with Gasteiger partial charge in [0.05, 0.1) is 29.9 Å². The van der Waals surface area contributed by atoms with Gasteiger partial charge < -0.3 is 14.2 Å². The van der Waals surface area contributed by atoms with Gasteiger partial charge in [-0.05, 0) is 26.2 Å². The maximum atomic E-state index is 13.0. The minimum absolute atomic E-state index is 0.0648. The van der Waals surface area contributed by atoms with Crippen LogP contribution in [0.1, 0.15) is 16.5 Å². The second kappa shape index (κ2) is 5.72. The van der Waals surface area contributed by atoms with Gasteiger partial charge in [0, 0.05) is 25.5 Å². The zero-order valence-corrected chi connectivity index (χ0v) is 13.5. The first kappa shape index (κ1) is 14.8. The molecule has 0 unspecified atom stereocenters. The number of amides is 1. The van der Waals surface area contributed by atoms with Crippen molar-refractivity contribution in [3.8, 4) is 0 Å². The molecule has 124 valence electrons. The zero-order chi connectivity index (χ0) is 16.7. The molecule has 2 atom stereocenters. The summed E-state index contributed by atoms with van der Waals surface area (Å²) in [6.07, 6.45) is 6.68. The lowest BCUT2D eigenvalue weighted by Gasteiger charge is -2.24. The summed E-state index contributed by atoms with van der Waals surface area (Å²) in [5, 5.41) is 8.74. The Morgan fingerprint density at radius 3 is 2.92 bits per heavy atom. The first-order valence-corrected chi connectivity index (χ1v) is 7.79. The Balaban J connectivity index is 1.65. The lowest BCUT2D eigenvalue weighted by atomic mass is 10.1. The molecule has 8 nitrogen and oxygen atoms in total. The molecule has 0 aromatic carbocycles. The molecule has 24 heavy (non-hydrogen) atoms. The van der Waals surface area contributed by atoms with E-state index in [0.29, 0.717) is 24.4 Å². The lowest BCUT2D eigenvalue weighted by molar-refractivity contribution is 0.0777. The minimum Gasteiger partial charge on any atom is -0.464 e. The van der Waals surface area contributed by atoms with Crippen molar-refractivity contribution in [2.75, 3.05) is 27.2 Å². The number of likely N-dealkylation sites (N-methyl/N-ethyl adjacent to an activating group) is 1. The van der Waals surface area contributed by atoms with Crippen molar-refractivity contribution in [2.45, 2.75) is 12.1 Å². The molecule has 1 fully saturated rings. The predicted molar refractivity (Wildman–Crippen MR) is 86.4 cm³/mol. The van der Waals surface area contributed by atoms with Gasteiger partial charge >= 0.3 is 0 Å². The molecule has 3 aromatic rings. The Morgan fingerprint density at radius 1 is 1.29 bits per heavy atom. The summed E-state index contributed by atoms with van der Waals surface area (Å²) in [5.74, 6) is -0.0866. The van der Waals surface area contributed by atoms with Gasteiger partial charge in [-0.1, -0.05) is 5.21 Å². The topological polar surface area (TPSA) is 80.3 Å². The number of pyridine rings is 1. The molecule has 0 saturated carbocycles. The van der Waals surface area contributed by atoms with Gasteiger partial charge in [0.25, 0.3) is 5.91 Å². The molecule has 1 amide bonds. The quantitative estimate of drug-likeness (QED) is 0.715. The first-order chi connectivity index (χ1) is 11.6. The van der Waals surface area contributed by atoms with Crippen molar-refractivity contribution < 1.29 is 9.21 Å². The molecule has 4 heterocycles. The van der Waals surface area contributed by atoms with E-state index in [1.54, 1.807) is 30.8 Å². The van der Waals surface area contributed by atoms with E-state index < -0.39 is 0 Å². The molecule has 4 rings (SSSR count). The van der Waals surface area contributed by atoms with E-state index >= 15 is 0 Å². The summed E-state index contributed by atoms with van der Waals surface area (Å²) in [5.41, 5.74) is 1.10. The number of carbonyl (C=O) groups excluding carboxylic acids is 1. The number of aromatic nitrogens is 4. The number of carbonyl (C=O) groups is 1. The maximum absolute atomic E-state index is 13.0. The Bertz CT molecular complexity index is 856. The van der Waals surface area contributed by atoms with E-state index in [4.69, 9.17) is 4.42 Å². The summed E-state index contributed by atoms with van der Waals surface area (Å²) >= 11 is 0. The third-order valence-electron chi connectivity index (χ3n) is 4.57. The number of hydrogen-bond acceptors (Lipinski definition) is 6. The summed E-state index contributed by atoms with van der Waals surface area (Å²) in [6, 6.07) is 3.77. The van der Waals surface area contributed by atoms with Crippen molar-refractivity contribution in [1.29, 1.82) is 0 Å². The van der Waals surface area contributed by atoms with E-state index in [9.17, 15) is 4.79 Å². The Hall–Kier alpha value is -2.74. The normalized spacial score (nSPS) is 21.0. The molecule has 1 aliphatic heterocycles. The second-order valence-electron chi connectivity index (χ2n) is 6.18. The van der Waals surface area contributed by atoms with Crippen LogP contribution in [-0.2, 0) is 0 Å². The van der Waals surface area contributed by atoms with Gasteiger partial charge in [0.15, 0.2) is 0 Å². The number of furan rings is 1. The number of rotatable bonds is 3. The highest BCUT2D eigenvalue weighted by Crippen LogP contribution is 2.27. The fourth-order valence-corrected chi connectivity index (χ4v) is 3.31. The molecule has 3 aromatic heterocycles. The van der Waals surface area contributed by atoms with Gasteiger partial charge in [0.1, 0.15) is 11.3 Å². The number of fused-ring (bicyclic) bond motifs is 1. The molecule has 1 aliphatic rings. The summed E-state index contributed by atoms with van der Waals surface area (Å²) in [6.45, 7) is 1.19. The van der Waals surface area contributed by atoms with E-state index in [-0.39, 0.29) is 18.0 Å². The Morgan fingerprint density at radius 2 is 2.17 bits per heavy atom. The standard InChI is InChI=1S/C16H18N6O2/c1-20(2)12-9-21(10-13(12)22-7-6-18-19-22)16(23)15-11-4-8-24-14(11)3-5-17-15/h3-8,12-13H,9-10H2,1-2H3/t12-,13+/m1/s1.